The van der Waals surface area contributed by atoms with Crippen molar-refractivity contribution in [2.24, 2.45) is 23.3 Å². The standard InChI is InChI=1S/C6H14N2/c7-3-5-1-2-6(5)4-8/h5-6H,1-4,7-8H2/t5-,6+. The molecule has 8 heavy (non-hydrogen) atoms. The fraction of sp³-hybridized carbons (Fsp3) is 1.00. The van der Waals surface area contributed by atoms with Crippen LogP contribution in [0.5, 0.6) is 0 Å². The van der Waals surface area contributed by atoms with Gasteiger partial charge < -0.3 is 11.5 Å². The van der Waals surface area contributed by atoms with E-state index < -0.39 is 0 Å². The van der Waals surface area contributed by atoms with E-state index in [0.29, 0.717) is 0 Å². The lowest BCUT2D eigenvalue weighted by molar-refractivity contribution is 0.192. The number of rotatable bonds is 2. The maximum atomic E-state index is 5.44. The third kappa shape index (κ3) is 0.858. The Morgan fingerprint density at radius 3 is 1.50 bits per heavy atom. The van der Waals surface area contributed by atoms with Crippen molar-refractivity contribution in [2.45, 2.75) is 12.8 Å². The fourth-order valence-corrected chi connectivity index (χ4v) is 1.26. The van der Waals surface area contributed by atoms with Crippen LogP contribution in [0.1, 0.15) is 12.8 Å². The van der Waals surface area contributed by atoms with Gasteiger partial charge in [-0.3, -0.25) is 0 Å². The highest BCUT2D eigenvalue weighted by molar-refractivity contribution is 4.81. The minimum Gasteiger partial charge on any atom is -0.330 e. The van der Waals surface area contributed by atoms with Crippen LogP contribution in [-0.4, -0.2) is 13.1 Å². The molecule has 4 N–H and O–H groups in total. The molecule has 0 unspecified atom stereocenters. The average molecular weight is 114 g/mol. The minimum atomic E-state index is 0.750. The van der Waals surface area contributed by atoms with Gasteiger partial charge >= 0.3 is 0 Å². The summed E-state index contributed by atoms with van der Waals surface area (Å²) in [5.41, 5.74) is 10.9. The Hall–Kier alpha value is -0.0800. The Labute approximate surface area is 50.2 Å². The average Bonchev–Trinajstić information content (AvgIpc) is 1.66. The summed E-state index contributed by atoms with van der Waals surface area (Å²) in [6, 6.07) is 0. The maximum Gasteiger partial charge on any atom is -0.00457 e. The van der Waals surface area contributed by atoms with Gasteiger partial charge in [0.15, 0.2) is 0 Å². The topological polar surface area (TPSA) is 52.0 Å². The van der Waals surface area contributed by atoms with Gasteiger partial charge in [0.1, 0.15) is 0 Å². The highest BCUT2D eigenvalue weighted by atomic mass is 14.6. The maximum absolute atomic E-state index is 5.44. The molecule has 1 rings (SSSR count). The molecule has 0 aromatic rings. The summed E-state index contributed by atoms with van der Waals surface area (Å²) < 4.78 is 0. The molecule has 0 spiro atoms. The van der Waals surface area contributed by atoms with Gasteiger partial charge in [-0.25, -0.2) is 0 Å². The van der Waals surface area contributed by atoms with Crippen molar-refractivity contribution >= 4 is 0 Å². The van der Waals surface area contributed by atoms with Crippen LogP contribution >= 0.6 is 0 Å². The summed E-state index contributed by atoms with van der Waals surface area (Å²) in [5, 5.41) is 0. The zero-order chi connectivity index (χ0) is 5.98. The molecule has 2 heteroatoms. The molecule has 2 atom stereocenters. The summed E-state index contributed by atoms with van der Waals surface area (Å²) in [4.78, 5) is 0. The van der Waals surface area contributed by atoms with Crippen molar-refractivity contribution in [3.63, 3.8) is 0 Å². The summed E-state index contributed by atoms with van der Waals surface area (Å²) in [6.07, 6.45) is 2.61. The second kappa shape index (κ2) is 2.46. The van der Waals surface area contributed by atoms with Gasteiger partial charge in [0.2, 0.25) is 0 Å². The molecule has 0 bridgehead atoms. The molecule has 1 aliphatic carbocycles. The van der Waals surface area contributed by atoms with Gasteiger partial charge in [-0.2, -0.15) is 0 Å². The quantitative estimate of drug-likeness (QED) is 0.528. The van der Waals surface area contributed by atoms with E-state index >= 15 is 0 Å². The molecule has 0 amide bonds. The summed E-state index contributed by atoms with van der Waals surface area (Å²) in [5.74, 6) is 1.50. The Kier molecular flexibility index (Phi) is 1.86. The zero-order valence-electron chi connectivity index (χ0n) is 5.14. The van der Waals surface area contributed by atoms with Crippen molar-refractivity contribution in [1.82, 2.24) is 0 Å². The third-order valence-electron chi connectivity index (χ3n) is 2.18. The molecule has 0 aromatic heterocycles. The lowest BCUT2D eigenvalue weighted by atomic mass is 9.74. The number of hydrogen-bond acceptors (Lipinski definition) is 2. The van der Waals surface area contributed by atoms with E-state index in [4.69, 9.17) is 11.5 Å². The molecule has 0 saturated heterocycles. The Morgan fingerprint density at radius 1 is 1.00 bits per heavy atom. The highest BCUT2D eigenvalue weighted by Crippen LogP contribution is 2.31. The molecule has 0 aliphatic heterocycles. The second-order valence-electron chi connectivity index (χ2n) is 2.57. The van der Waals surface area contributed by atoms with Crippen molar-refractivity contribution in [3.05, 3.63) is 0 Å². The first-order valence-corrected chi connectivity index (χ1v) is 3.28. The molecule has 0 heterocycles. The fourth-order valence-electron chi connectivity index (χ4n) is 1.26. The smallest absolute Gasteiger partial charge is 0.00457 e. The summed E-state index contributed by atoms with van der Waals surface area (Å²) in [7, 11) is 0. The van der Waals surface area contributed by atoms with Crippen LogP contribution in [0.25, 0.3) is 0 Å². The monoisotopic (exact) mass is 114 g/mol. The van der Waals surface area contributed by atoms with Gasteiger partial charge in [0.25, 0.3) is 0 Å². The highest BCUT2D eigenvalue weighted by Gasteiger charge is 2.27. The summed E-state index contributed by atoms with van der Waals surface area (Å²) in [6.45, 7) is 1.67. The van der Waals surface area contributed by atoms with E-state index in [-0.39, 0.29) is 0 Å². The van der Waals surface area contributed by atoms with Crippen LogP contribution in [-0.2, 0) is 0 Å². The van der Waals surface area contributed by atoms with Gasteiger partial charge in [0, 0.05) is 0 Å². The first-order chi connectivity index (χ1) is 3.88. The molecule has 1 saturated carbocycles. The van der Waals surface area contributed by atoms with Gasteiger partial charge in [0.05, 0.1) is 0 Å². The second-order valence-corrected chi connectivity index (χ2v) is 2.57. The zero-order valence-corrected chi connectivity index (χ0v) is 5.14. The number of nitrogens with two attached hydrogens (primary N) is 2. The Bertz CT molecular complexity index is 58.9. The van der Waals surface area contributed by atoms with Crippen LogP contribution in [0.4, 0.5) is 0 Å². The molecular formula is C6H14N2. The molecule has 0 radical (unpaired) electrons. The largest absolute Gasteiger partial charge is 0.330 e. The minimum absolute atomic E-state index is 0.750. The lowest BCUT2D eigenvalue weighted by Crippen LogP contribution is -2.36. The van der Waals surface area contributed by atoms with Crippen LogP contribution in [0, 0.1) is 11.8 Å². The molecule has 1 fully saturated rings. The van der Waals surface area contributed by atoms with Crippen LogP contribution in [0.15, 0.2) is 0 Å². The van der Waals surface area contributed by atoms with Gasteiger partial charge in [-0.05, 0) is 37.8 Å². The van der Waals surface area contributed by atoms with E-state index in [1.54, 1.807) is 0 Å². The molecular weight excluding hydrogens is 100 g/mol. The molecule has 2 nitrogen and oxygen atoms in total. The van der Waals surface area contributed by atoms with Crippen molar-refractivity contribution in [3.8, 4) is 0 Å². The number of hydrogen-bond donors (Lipinski definition) is 2. The first-order valence-electron chi connectivity index (χ1n) is 3.28. The van der Waals surface area contributed by atoms with Crippen molar-refractivity contribution in [2.75, 3.05) is 13.1 Å². The van der Waals surface area contributed by atoms with Crippen LogP contribution in [0.3, 0.4) is 0 Å². The Balaban J connectivity index is 2.16. The predicted octanol–water partition coefficient (Wildman–Crippen LogP) is -0.0700. The molecule has 0 aromatic carbocycles. The summed E-state index contributed by atoms with van der Waals surface area (Å²) >= 11 is 0. The first kappa shape index (κ1) is 6.05. The van der Waals surface area contributed by atoms with Crippen molar-refractivity contribution in [1.29, 1.82) is 0 Å². The predicted molar refractivity (Wildman–Crippen MR) is 34.3 cm³/mol. The van der Waals surface area contributed by atoms with E-state index in [0.717, 1.165) is 24.9 Å². The van der Waals surface area contributed by atoms with E-state index in [1.807, 2.05) is 0 Å². The third-order valence-corrected chi connectivity index (χ3v) is 2.18. The Morgan fingerprint density at radius 2 is 1.38 bits per heavy atom. The normalized spacial score (nSPS) is 36.8. The van der Waals surface area contributed by atoms with Crippen LogP contribution < -0.4 is 11.5 Å². The molecule has 48 valence electrons. The van der Waals surface area contributed by atoms with Crippen molar-refractivity contribution < 1.29 is 0 Å². The van der Waals surface area contributed by atoms with Gasteiger partial charge in [-0.1, -0.05) is 0 Å². The van der Waals surface area contributed by atoms with E-state index in [9.17, 15) is 0 Å². The van der Waals surface area contributed by atoms with Crippen LogP contribution in [0.2, 0.25) is 0 Å². The SMILES string of the molecule is NC[C@@H]1CC[C@@H]1CN. The van der Waals surface area contributed by atoms with Gasteiger partial charge in [-0.15, -0.1) is 0 Å². The van der Waals surface area contributed by atoms with E-state index in [2.05, 4.69) is 0 Å². The van der Waals surface area contributed by atoms with E-state index in [1.165, 1.54) is 12.8 Å². The molecule has 1 aliphatic rings. The lowest BCUT2D eigenvalue weighted by Gasteiger charge is -2.34.